The number of rotatable bonds is 0. The number of nitrogens with one attached hydrogen (secondary N) is 1. The zero-order valence-corrected chi connectivity index (χ0v) is 8.87. The monoisotopic (exact) mass is 198 g/mol. The topological polar surface area (TPSA) is 15.3 Å². The molecule has 1 N–H and O–H groups in total. The number of hydrogen-bond acceptors (Lipinski definition) is 2. The molecule has 0 aliphatic carbocycles. The fraction of sp³-hybridized carbons (Fsp3) is 0.500. The number of nitrogens with zero attached hydrogens (tertiary/aromatic N) is 1. The van der Waals surface area contributed by atoms with Gasteiger partial charge in [-0.3, -0.25) is 0 Å². The number of anilines is 1. The van der Waals surface area contributed by atoms with Crippen molar-refractivity contribution in [1.29, 1.82) is 0 Å². The first-order valence-electron chi connectivity index (χ1n) is 5.63. The van der Waals surface area contributed by atoms with Crippen LogP contribution < -0.4 is 5.32 Å². The van der Waals surface area contributed by atoms with Crippen LogP contribution in [0, 0.1) is 0 Å². The lowest BCUT2D eigenvalue weighted by atomic mass is 9.74. The Morgan fingerprint density at radius 1 is 1.20 bits per heavy atom. The molecule has 1 aromatic carbocycles. The molecule has 0 aromatic heterocycles. The summed E-state index contributed by atoms with van der Waals surface area (Å²) in [6, 6.07) is 8.69. The quantitative estimate of drug-likeness (QED) is 0.636. The summed E-state index contributed by atoms with van der Waals surface area (Å²) < 4.78 is 0. The van der Waals surface area contributed by atoms with Gasteiger partial charge in [0, 0.05) is 17.6 Å². The Balaban J connectivity index is 1.95. The third kappa shape index (κ3) is 1.37. The molecule has 0 amide bonds. The first-order valence-corrected chi connectivity index (χ1v) is 5.63. The van der Waals surface area contributed by atoms with E-state index < -0.39 is 0 Å². The second-order valence-corrected chi connectivity index (χ2v) is 4.72. The highest BCUT2D eigenvalue weighted by Crippen LogP contribution is 2.43. The van der Waals surface area contributed by atoms with E-state index in [-0.39, 0.29) is 0 Å². The molecule has 1 saturated heterocycles. The molecule has 0 bridgehead atoms. The highest BCUT2D eigenvalue weighted by molar-refractivity contribution is 6.04. The molecule has 2 heterocycles. The fourth-order valence-electron chi connectivity index (χ4n) is 2.86. The summed E-state index contributed by atoms with van der Waals surface area (Å²) in [5, 5.41) is 3.52. The van der Waals surface area contributed by atoms with Crippen molar-refractivity contribution in [2.24, 2.45) is 0 Å². The summed E-state index contributed by atoms with van der Waals surface area (Å²) in [5.41, 5.74) is 3.17. The van der Waals surface area contributed by atoms with Crippen LogP contribution in [0.1, 0.15) is 18.4 Å². The molecular formula is C12H15BN2. The van der Waals surface area contributed by atoms with Gasteiger partial charge in [0.2, 0.25) is 0 Å². The Hall–Kier alpha value is -0.955. The number of benzene rings is 1. The van der Waals surface area contributed by atoms with Gasteiger partial charge in [0.1, 0.15) is 0 Å². The molecule has 3 heteroatoms. The highest BCUT2D eigenvalue weighted by atomic mass is 15.1. The Bertz CT molecular complexity index is 370. The lowest BCUT2D eigenvalue weighted by molar-refractivity contribution is 0.256. The van der Waals surface area contributed by atoms with Crippen molar-refractivity contribution >= 4 is 13.7 Å². The van der Waals surface area contributed by atoms with E-state index in [1.165, 1.54) is 24.1 Å². The summed E-state index contributed by atoms with van der Waals surface area (Å²) in [4.78, 5) is 1.94. The fourth-order valence-corrected chi connectivity index (χ4v) is 2.86. The van der Waals surface area contributed by atoms with Crippen molar-refractivity contribution in [3.8, 4) is 0 Å². The highest BCUT2D eigenvalue weighted by Gasteiger charge is 2.40. The van der Waals surface area contributed by atoms with Crippen molar-refractivity contribution in [2.75, 3.05) is 25.0 Å². The van der Waals surface area contributed by atoms with Crippen LogP contribution in [0.2, 0.25) is 0 Å². The smallest absolute Gasteiger partial charge is 0.182 e. The minimum atomic E-state index is 0.354. The van der Waals surface area contributed by atoms with Crippen LogP contribution in [0.5, 0.6) is 0 Å². The van der Waals surface area contributed by atoms with Crippen molar-refractivity contribution in [2.45, 2.75) is 18.3 Å². The van der Waals surface area contributed by atoms with E-state index in [0.717, 1.165) is 19.6 Å². The molecule has 15 heavy (non-hydrogen) atoms. The van der Waals surface area contributed by atoms with Crippen molar-refractivity contribution in [1.82, 2.24) is 4.81 Å². The van der Waals surface area contributed by atoms with Gasteiger partial charge in [-0.25, -0.2) is 0 Å². The van der Waals surface area contributed by atoms with Gasteiger partial charge in [-0.05, 0) is 37.6 Å². The Kier molecular flexibility index (Phi) is 2.03. The van der Waals surface area contributed by atoms with Crippen LogP contribution in [0.4, 0.5) is 5.69 Å². The summed E-state index contributed by atoms with van der Waals surface area (Å²) in [5.74, 6) is 0. The van der Waals surface area contributed by atoms with E-state index in [1.807, 2.05) is 4.81 Å². The summed E-state index contributed by atoms with van der Waals surface area (Å²) in [7, 11) is 5.82. The van der Waals surface area contributed by atoms with Crippen LogP contribution in [0.3, 0.4) is 0 Å². The number of piperidine rings is 1. The second kappa shape index (κ2) is 3.27. The van der Waals surface area contributed by atoms with Crippen LogP contribution in [-0.4, -0.2) is 32.4 Å². The predicted octanol–water partition coefficient (Wildman–Crippen LogP) is 1.53. The molecule has 2 aliphatic rings. The maximum Gasteiger partial charge on any atom is 0.182 e. The zero-order valence-electron chi connectivity index (χ0n) is 8.87. The van der Waals surface area contributed by atoms with Crippen LogP contribution >= 0.6 is 0 Å². The van der Waals surface area contributed by atoms with Crippen LogP contribution in [0.15, 0.2) is 24.3 Å². The average Bonchev–Trinajstić information content (AvgIpc) is 2.63. The zero-order chi connectivity index (χ0) is 10.3. The van der Waals surface area contributed by atoms with Gasteiger partial charge in [0.25, 0.3) is 0 Å². The molecule has 2 aliphatic heterocycles. The molecule has 2 nitrogen and oxygen atoms in total. The molecule has 2 radical (unpaired) electrons. The number of para-hydroxylation sites is 1. The van der Waals surface area contributed by atoms with Crippen LogP contribution in [-0.2, 0) is 5.41 Å². The predicted molar refractivity (Wildman–Crippen MR) is 63.2 cm³/mol. The third-order valence-electron chi connectivity index (χ3n) is 3.87. The minimum Gasteiger partial charge on any atom is -0.384 e. The molecule has 0 unspecified atom stereocenters. The lowest BCUT2D eigenvalue weighted by Gasteiger charge is -2.38. The van der Waals surface area contributed by atoms with E-state index in [0.29, 0.717) is 5.41 Å². The maximum absolute atomic E-state index is 5.82. The van der Waals surface area contributed by atoms with E-state index in [9.17, 15) is 0 Å². The Morgan fingerprint density at radius 2 is 1.93 bits per heavy atom. The third-order valence-corrected chi connectivity index (χ3v) is 3.87. The van der Waals surface area contributed by atoms with Gasteiger partial charge in [-0.2, -0.15) is 0 Å². The van der Waals surface area contributed by atoms with E-state index >= 15 is 0 Å². The van der Waals surface area contributed by atoms with Gasteiger partial charge in [0.05, 0.1) is 0 Å². The van der Waals surface area contributed by atoms with Crippen LogP contribution in [0.25, 0.3) is 0 Å². The van der Waals surface area contributed by atoms with E-state index in [2.05, 4.69) is 29.6 Å². The normalized spacial score (nSPS) is 23.7. The molecule has 1 spiro atoms. The Labute approximate surface area is 92.1 Å². The van der Waals surface area contributed by atoms with Crippen molar-refractivity contribution in [3.05, 3.63) is 29.8 Å². The molecule has 3 rings (SSSR count). The maximum atomic E-state index is 5.82. The molecule has 0 saturated carbocycles. The van der Waals surface area contributed by atoms with E-state index in [4.69, 9.17) is 7.98 Å². The molecule has 0 atom stereocenters. The summed E-state index contributed by atoms with van der Waals surface area (Å²) in [6.45, 7) is 3.10. The number of hydrogen-bond donors (Lipinski definition) is 1. The van der Waals surface area contributed by atoms with Gasteiger partial charge in [-0.1, -0.05) is 18.2 Å². The van der Waals surface area contributed by atoms with Gasteiger partial charge in [-0.15, -0.1) is 0 Å². The van der Waals surface area contributed by atoms with Gasteiger partial charge >= 0.3 is 0 Å². The molecule has 1 aromatic rings. The van der Waals surface area contributed by atoms with Crippen molar-refractivity contribution < 1.29 is 0 Å². The lowest BCUT2D eigenvalue weighted by Crippen LogP contribution is -2.42. The largest absolute Gasteiger partial charge is 0.384 e. The molecule has 76 valence electrons. The second-order valence-electron chi connectivity index (χ2n) is 4.72. The summed E-state index contributed by atoms with van der Waals surface area (Å²) >= 11 is 0. The Morgan fingerprint density at radius 3 is 2.73 bits per heavy atom. The van der Waals surface area contributed by atoms with E-state index in [1.54, 1.807) is 0 Å². The minimum absolute atomic E-state index is 0.354. The summed E-state index contributed by atoms with van der Waals surface area (Å²) in [6.07, 6.45) is 2.35. The first kappa shape index (κ1) is 9.28. The van der Waals surface area contributed by atoms with Gasteiger partial charge in [0.15, 0.2) is 7.98 Å². The standard InChI is InChI=1S/C12H15BN2/c13-15-7-5-12(6-8-15)9-14-11-4-2-1-3-10(11)12/h1-4,14H,5-9H2. The SMILES string of the molecule is [B]N1CCC2(CC1)CNc1ccccc12. The number of fused-ring (bicyclic) bond motifs is 2. The van der Waals surface area contributed by atoms with Crippen molar-refractivity contribution in [3.63, 3.8) is 0 Å². The first-order chi connectivity index (χ1) is 7.30. The molecular weight excluding hydrogens is 183 g/mol. The average molecular weight is 198 g/mol. The molecule has 1 fully saturated rings. The van der Waals surface area contributed by atoms with Gasteiger partial charge < -0.3 is 10.1 Å².